The van der Waals surface area contributed by atoms with E-state index in [1.807, 2.05) is 13.8 Å². The first-order valence-corrected chi connectivity index (χ1v) is 10.2. The van der Waals surface area contributed by atoms with Crippen LogP contribution in [0.2, 0.25) is 0 Å². The van der Waals surface area contributed by atoms with Crippen LogP contribution in [0.15, 0.2) is 23.1 Å². The minimum Gasteiger partial charge on any atom is -0.309 e. The Labute approximate surface area is 144 Å². The first-order valence-electron chi connectivity index (χ1n) is 8.80. The van der Waals surface area contributed by atoms with Crippen LogP contribution in [-0.4, -0.2) is 37.3 Å². The molecule has 6 heteroatoms. The van der Waals surface area contributed by atoms with Crippen molar-refractivity contribution in [3.05, 3.63) is 23.8 Å². The summed E-state index contributed by atoms with van der Waals surface area (Å²) < 4.78 is 27.9. The molecule has 0 radical (unpaired) electrons. The number of hydrogen-bond donors (Lipinski definition) is 0. The number of piperidine rings is 1. The topological polar surface area (TPSA) is 57.7 Å². The summed E-state index contributed by atoms with van der Waals surface area (Å²) in [6, 6.07) is 5.39. The molecule has 0 bridgehead atoms. The van der Waals surface area contributed by atoms with E-state index < -0.39 is 10.0 Å². The van der Waals surface area contributed by atoms with Gasteiger partial charge in [-0.2, -0.15) is 4.31 Å². The molecule has 1 fully saturated rings. The Hall–Kier alpha value is -1.40. The lowest BCUT2D eigenvalue weighted by atomic mass is 10.0. The number of carbonyl (C=O) groups is 1. The Kier molecular flexibility index (Phi) is 4.71. The molecule has 1 saturated heterocycles. The smallest absolute Gasteiger partial charge is 0.243 e. The average Bonchev–Trinajstić information content (AvgIpc) is 2.89. The molecule has 24 heavy (non-hydrogen) atoms. The molecular formula is C18H26N2O3S. The molecule has 0 saturated carbocycles. The number of amides is 1. The summed E-state index contributed by atoms with van der Waals surface area (Å²) in [7, 11) is -3.47. The molecule has 3 rings (SSSR count). The van der Waals surface area contributed by atoms with Crippen molar-refractivity contribution in [3.63, 3.8) is 0 Å². The molecule has 0 N–H and O–H groups in total. The maximum absolute atomic E-state index is 13.1. The first kappa shape index (κ1) is 17.4. The highest BCUT2D eigenvalue weighted by Gasteiger charge is 2.35. The van der Waals surface area contributed by atoms with E-state index in [1.165, 1.54) is 0 Å². The van der Waals surface area contributed by atoms with E-state index in [9.17, 15) is 13.2 Å². The standard InChI is InChI=1S/C18H26N2O3S/c1-4-16-7-5-6-10-19(16)24(22,23)17-8-9-18-15(12-17)11-13(2)20(18)14(3)21/h8-9,12-13,16H,4-7,10-11H2,1-3H3/t13-,16-/m1/s1. The van der Waals surface area contributed by atoms with Crippen LogP contribution in [0, 0.1) is 0 Å². The lowest BCUT2D eigenvalue weighted by molar-refractivity contribution is -0.116. The van der Waals surface area contributed by atoms with E-state index in [2.05, 4.69) is 0 Å². The summed E-state index contributed by atoms with van der Waals surface area (Å²) in [5, 5.41) is 0. The highest BCUT2D eigenvalue weighted by atomic mass is 32.2. The third-order valence-electron chi connectivity index (χ3n) is 5.26. The molecule has 5 nitrogen and oxygen atoms in total. The van der Waals surface area contributed by atoms with Crippen molar-refractivity contribution in [2.45, 2.75) is 69.9 Å². The van der Waals surface area contributed by atoms with Gasteiger partial charge in [-0.3, -0.25) is 4.79 Å². The van der Waals surface area contributed by atoms with Crippen molar-refractivity contribution in [3.8, 4) is 0 Å². The van der Waals surface area contributed by atoms with Crippen LogP contribution >= 0.6 is 0 Å². The SMILES string of the molecule is CC[C@@H]1CCCCN1S(=O)(=O)c1ccc2c(c1)C[C@@H](C)N2C(C)=O. The third-order valence-corrected chi connectivity index (χ3v) is 7.20. The minimum atomic E-state index is -3.47. The van der Waals surface area contributed by atoms with Gasteiger partial charge in [-0.1, -0.05) is 13.3 Å². The maximum atomic E-state index is 13.1. The fraction of sp³-hybridized carbons (Fsp3) is 0.611. The van der Waals surface area contributed by atoms with Gasteiger partial charge >= 0.3 is 0 Å². The number of benzene rings is 1. The summed E-state index contributed by atoms with van der Waals surface area (Å²) in [4.78, 5) is 13.9. The Bertz CT molecular complexity index is 745. The van der Waals surface area contributed by atoms with E-state index >= 15 is 0 Å². The monoisotopic (exact) mass is 350 g/mol. The van der Waals surface area contributed by atoms with Gasteiger partial charge in [-0.05, 0) is 56.4 Å². The quantitative estimate of drug-likeness (QED) is 0.842. The number of nitrogens with zero attached hydrogens (tertiary/aromatic N) is 2. The Morgan fingerprint density at radius 2 is 2.04 bits per heavy atom. The largest absolute Gasteiger partial charge is 0.309 e. The van der Waals surface area contributed by atoms with Gasteiger partial charge in [0, 0.05) is 31.2 Å². The summed E-state index contributed by atoms with van der Waals surface area (Å²) in [5.41, 5.74) is 1.79. The van der Waals surface area contributed by atoms with Crippen molar-refractivity contribution in [2.75, 3.05) is 11.4 Å². The molecule has 1 amide bonds. The second-order valence-corrected chi connectivity index (χ2v) is 8.80. The van der Waals surface area contributed by atoms with Gasteiger partial charge in [0.25, 0.3) is 0 Å². The maximum Gasteiger partial charge on any atom is 0.243 e. The fourth-order valence-electron chi connectivity index (χ4n) is 4.08. The van der Waals surface area contributed by atoms with E-state index in [4.69, 9.17) is 0 Å². The molecule has 1 aromatic rings. The fourth-order valence-corrected chi connectivity index (χ4v) is 5.90. The number of fused-ring (bicyclic) bond motifs is 1. The van der Waals surface area contributed by atoms with Crippen molar-refractivity contribution in [1.82, 2.24) is 4.31 Å². The predicted molar refractivity (Wildman–Crippen MR) is 94.6 cm³/mol. The highest BCUT2D eigenvalue weighted by Crippen LogP contribution is 2.35. The van der Waals surface area contributed by atoms with Crippen molar-refractivity contribution in [1.29, 1.82) is 0 Å². The number of sulfonamides is 1. The van der Waals surface area contributed by atoms with Gasteiger partial charge in [0.15, 0.2) is 0 Å². The molecule has 2 aliphatic heterocycles. The Balaban J connectivity index is 1.96. The summed E-state index contributed by atoms with van der Waals surface area (Å²) in [6.45, 7) is 6.20. The van der Waals surface area contributed by atoms with E-state index in [-0.39, 0.29) is 18.0 Å². The summed E-state index contributed by atoms with van der Waals surface area (Å²) in [6.07, 6.45) is 4.51. The lowest BCUT2D eigenvalue weighted by Gasteiger charge is -2.34. The Morgan fingerprint density at radius 3 is 2.71 bits per heavy atom. The molecule has 1 aromatic carbocycles. The molecular weight excluding hydrogens is 324 g/mol. The summed E-state index contributed by atoms with van der Waals surface area (Å²) >= 11 is 0. The highest BCUT2D eigenvalue weighted by molar-refractivity contribution is 7.89. The third kappa shape index (κ3) is 2.86. The van der Waals surface area contributed by atoms with Crippen LogP contribution in [0.1, 0.15) is 52.0 Å². The molecule has 0 spiro atoms. The van der Waals surface area contributed by atoms with E-state index in [0.717, 1.165) is 36.9 Å². The number of rotatable bonds is 3. The predicted octanol–water partition coefficient (Wildman–Crippen LogP) is 2.94. The van der Waals surface area contributed by atoms with Gasteiger partial charge in [0.2, 0.25) is 15.9 Å². The van der Waals surface area contributed by atoms with Gasteiger partial charge in [-0.15, -0.1) is 0 Å². The molecule has 2 aliphatic rings. The zero-order chi connectivity index (χ0) is 17.5. The minimum absolute atomic E-state index is 0.000986. The number of anilines is 1. The van der Waals surface area contributed by atoms with Crippen LogP contribution in [0.4, 0.5) is 5.69 Å². The normalized spacial score (nSPS) is 24.9. The second-order valence-electron chi connectivity index (χ2n) is 6.91. The lowest BCUT2D eigenvalue weighted by Crippen LogP contribution is -2.43. The van der Waals surface area contributed by atoms with Crippen LogP contribution in [0.5, 0.6) is 0 Å². The molecule has 132 valence electrons. The van der Waals surface area contributed by atoms with Crippen LogP contribution in [0.25, 0.3) is 0 Å². The van der Waals surface area contributed by atoms with E-state index in [1.54, 1.807) is 34.3 Å². The first-order chi connectivity index (χ1) is 11.4. The van der Waals surface area contributed by atoms with Crippen molar-refractivity contribution >= 4 is 21.6 Å². The van der Waals surface area contributed by atoms with Crippen LogP contribution in [-0.2, 0) is 21.2 Å². The van der Waals surface area contributed by atoms with Crippen molar-refractivity contribution < 1.29 is 13.2 Å². The van der Waals surface area contributed by atoms with Crippen molar-refractivity contribution in [2.24, 2.45) is 0 Å². The van der Waals surface area contributed by atoms with E-state index in [0.29, 0.717) is 17.9 Å². The summed E-state index contributed by atoms with van der Waals surface area (Å²) in [5.74, 6) is -0.000986. The molecule has 2 heterocycles. The van der Waals surface area contributed by atoms with Crippen LogP contribution < -0.4 is 4.90 Å². The Morgan fingerprint density at radius 1 is 1.29 bits per heavy atom. The number of hydrogen-bond acceptors (Lipinski definition) is 3. The van der Waals surface area contributed by atoms with Gasteiger partial charge < -0.3 is 4.90 Å². The van der Waals surface area contributed by atoms with Gasteiger partial charge in [-0.25, -0.2) is 8.42 Å². The second kappa shape index (κ2) is 6.48. The van der Waals surface area contributed by atoms with Gasteiger partial charge in [0.05, 0.1) is 4.90 Å². The zero-order valence-corrected chi connectivity index (χ0v) is 15.5. The van der Waals surface area contributed by atoms with Crippen LogP contribution in [0.3, 0.4) is 0 Å². The average molecular weight is 350 g/mol. The van der Waals surface area contributed by atoms with Gasteiger partial charge in [0.1, 0.15) is 0 Å². The molecule has 0 unspecified atom stereocenters. The molecule has 2 atom stereocenters. The number of carbonyl (C=O) groups excluding carboxylic acids is 1. The zero-order valence-electron chi connectivity index (χ0n) is 14.7. The molecule has 0 aromatic heterocycles. The molecule has 0 aliphatic carbocycles.